The largest absolute Gasteiger partial charge is 0.756 e. The first-order valence-corrected chi connectivity index (χ1v) is 36.6. The number of hydrogen-bond acceptors (Lipinski definition) is 7. The molecule has 0 aliphatic rings. The molecule has 474 valence electrons. The molecule has 1 amide bonds. The average molecular weight is 1150 g/mol. The van der Waals surface area contributed by atoms with Gasteiger partial charge < -0.3 is 28.5 Å². The van der Waals surface area contributed by atoms with Gasteiger partial charge in [-0.1, -0.05) is 315 Å². The van der Waals surface area contributed by atoms with Gasteiger partial charge >= 0.3 is 5.97 Å². The van der Waals surface area contributed by atoms with Crippen LogP contribution in [0.15, 0.2) is 24.3 Å². The molecule has 0 fully saturated rings. The SMILES string of the molecule is CCCCCCCC/C=C/CCCCCCCCCCCCCC(=O)NC(COP(=O)([O-])OCC[N+](C)(C)C)C(/C=C/CCCCCCCCCCCC)OC(=O)CCCCCCCCCCCCCCCCCCCCCCC. The highest BCUT2D eigenvalue weighted by Gasteiger charge is 2.27. The molecule has 0 saturated carbocycles. The third kappa shape index (κ3) is 61.1. The summed E-state index contributed by atoms with van der Waals surface area (Å²) in [5.41, 5.74) is 0. The lowest BCUT2D eigenvalue weighted by atomic mass is 10.0. The lowest BCUT2D eigenvalue weighted by Crippen LogP contribution is -2.47. The van der Waals surface area contributed by atoms with Crippen molar-refractivity contribution in [1.82, 2.24) is 5.32 Å². The molecule has 0 aliphatic carbocycles. The smallest absolute Gasteiger partial charge is 0.306 e. The molecule has 1 N–H and O–H groups in total. The number of ether oxygens (including phenoxy) is 1. The number of quaternary nitrogens is 1. The fourth-order valence-corrected chi connectivity index (χ4v) is 11.4. The van der Waals surface area contributed by atoms with Crippen LogP contribution in [0.2, 0.25) is 0 Å². The lowest BCUT2D eigenvalue weighted by molar-refractivity contribution is -0.870. The van der Waals surface area contributed by atoms with Gasteiger partial charge in [-0.25, -0.2) is 0 Å². The second kappa shape index (κ2) is 60.6. The van der Waals surface area contributed by atoms with Gasteiger partial charge in [0, 0.05) is 12.8 Å². The Morgan fingerprint density at radius 2 is 0.725 bits per heavy atom. The lowest BCUT2D eigenvalue weighted by Gasteiger charge is -2.30. The van der Waals surface area contributed by atoms with Crippen molar-refractivity contribution < 1.29 is 37.3 Å². The Labute approximate surface area is 498 Å². The van der Waals surface area contributed by atoms with Gasteiger partial charge in [-0.15, -0.1) is 0 Å². The highest BCUT2D eigenvalue weighted by atomic mass is 31.2. The maximum Gasteiger partial charge on any atom is 0.306 e. The molecule has 0 aliphatic heterocycles. The van der Waals surface area contributed by atoms with E-state index in [1.807, 2.05) is 33.3 Å². The number of likely N-dealkylation sites (N-methyl/N-ethyl adjacent to an activating group) is 1. The van der Waals surface area contributed by atoms with E-state index in [9.17, 15) is 19.0 Å². The standard InChI is InChI=1S/C70H137N2O7P/c1-7-10-13-16-19-22-25-28-30-32-34-36-38-40-42-44-47-50-53-56-59-62-69(73)71-67(66-78-80(75,76)77-65-64-72(4,5)6)68(61-58-55-52-49-46-27-24-21-18-15-12-9-3)79-70(74)63-60-57-54-51-48-45-43-41-39-37-35-33-31-29-26-23-20-17-14-11-8-2/h28,30,58,61,67-68H,7-27,29,31-57,59-60,62-66H2,1-6H3,(H-,71,73,75,76)/b30-28+,61-58+. The molecule has 0 aromatic heterocycles. The van der Waals surface area contributed by atoms with Gasteiger partial charge in [0.05, 0.1) is 33.8 Å². The Hall–Kier alpha value is -1.51. The molecule has 3 atom stereocenters. The monoisotopic (exact) mass is 1150 g/mol. The number of hydrogen-bond donors (Lipinski definition) is 1. The molecule has 0 heterocycles. The van der Waals surface area contributed by atoms with Crippen LogP contribution in [0.5, 0.6) is 0 Å². The summed E-state index contributed by atoms with van der Waals surface area (Å²) in [7, 11) is 1.21. The molecule has 0 aromatic rings. The van der Waals surface area contributed by atoms with Crippen LogP contribution in [0.25, 0.3) is 0 Å². The van der Waals surface area contributed by atoms with Crippen molar-refractivity contribution in [3.05, 3.63) is 24.3 Å². The normalized spacial score (nSPS) is 13.6. The summed E-state index contributed by atoms with van der Waals surface area (Å²) in [4.78, 5) is 40.1. The predicted octanol–water partition coefficient (Wildman–Crippen LogP) is 21.4. The van der Waals surface area contributed by atoms with Crippen molar-refractivity contribution in [2.45, 2.75) is 373 Å². The number of nitrogens with zero attached hydrogens (tertiary/aromatic N) is 1. The predicted molar refractivity (Wildman–Crippen MR) is 344 cm³/mol. The van der Waals surface area contributed by atoms with Crippen molar-refractivity contribution in [2.24, 2.45) is 0 Å². The zero-order valence-corrected chi connectivity index (χ0v) is 55.2. The van der Waals surface area contributed by atoms with Crippen molar-refractivity contribution in [2.75, 3.05) is 40.9 Å². The van der Waals surface area contributed by atoms with Gasteiger partial charge in [0.25, 0.3) is 7.82 Å². The summed E-state index contributed by atoms with van der Waals surface area (Å²) >= 11 is 0. The number of nitrogens with one attached hydrogen (secondary N) is 1. The summed E-state index contributed by atoms with van der Waals surface area (Å²) in [5, 5.41) is 3.05. The van der Waals surface area contributed by atoms with Crippen LogP contribution < -0.4 is 10.2 Å². The number of phosphoric acid groups is 1. The zero-order valence-electron chi connectivity index (χ0n) is 54.3. The van der Waals surface area contributed by atoms with E-state index in [2.05, 4.69) is 38.2 Å². The number of carbonyl (C=O) groups is 2. The molecular formula is C70H137N2O7P. The molecule has 0 radical (unpaired) electrons. The van der Waals surface area contributed by atoms with Gasteiger partial charge in [-0.2, -0.15) is 0 Å². The van der Waals surface area contributed by atoms with Crippen LogP contribution in [-0.2, 0) is 27.9 Å². The third-order valence-electron chi connectivity index (χ3n) is 16.1. The molecular weight excluding hydrogens is 1010 g/mol. The minimum atomic E-state index is -4.70. The van der Waals surface area contributed by atoms with Crippen LogP contribution in [0.1, 0.15) is 361 Å². The summed E-state index contributed by atoms with van der Waals surface area (Å²) < 4.78 is 30.4. The molecule has 9 nitrogen and oxygen atoms in total. The molecule has 0 spiro atoms. The van der Waals surface area contributed by atoms with Crippen molar-refractivity contribution >= 4 is 19.7 Å². The number of carbonyl (C=O) groups excluding carboxylic acids is 2. The van der Waals surface area contributed by atoms with Crippen LogP contribution in [0, 0.1) is 0 Å². The fourth-order valence-electron chi connectivity index (χ4n) is 10.7. The van der Waals surface area contributed by atoms with Crippen LogP contribution in [0.3, 0.4) is 0 Å². The van der Waals surface area contributed by atoms with Gasteiger partial charge in [0.2, 0.25) is 5.91 Å². The van der Waals surface area contributed by atoms with E-state index in [0.717, 1.165) is 57.8 Å². The van der Waals surface area contributed by atoms with Crippen LogP contribution in [-0.4, -0.2) is 69.4 Å². The van der Waals surface area contributed by atoms with Gasteiger partial charge in [0.15, 0.2) is 0 Å². The second-order valence-electron chi connectivity index (χ2n) is 25.4. The van der Waals surface area contributed by atoms with E-state index < -0.39 is 20.0 Å². The maximum absolute atomic E-state index is 13.6. The fraction of sp³-hybridized carbons (Fsp3) is 0.914. The Balaban J connectivity index is 5.07. The summed E-state index contributed by atoms with van der Waals surface area (Å²) in [6.45, 7) is 6.90. The first-order chi connectivity index (χ1) is 38.9. The molecule has 3 unspecified atom stereocenters. The second-order valence-corrected chi connectivity index (χ2v) is 26.8. The summed E-state index contributed by atoms with van der Waals surface area (Å²) in [6, 6.07) is -0.884. The number of unbranched alkanes of at least 4 members (excludes halogenated alkanes) is 47. The zero-order chi connectivity index (χ0) is 58.6. The van der Waals surface area contributed by atoms with Crippen molar-refractivity contribution in [3.8, 4) is 0 Å². The molecule has 0 aromatic carbocycles. The summed E-state index contributed by atoms with van der Waals surface area (Å²) in [6.07, 6.45) is 73.0. The molecule has 0 saturated heterocycles. The van der Waals surface area contributed by atoms with E-state index in [-0.39, 0.29) is 31.5 Å². The Morgan fingerprint density at radius 3 is 1.06 bits per heavy atom. The molecule has 0 rings (SSSR count). The Bertz CT molecular complexity index is 1420. The molecule has 80 heavy (non-hydrogen) atoms. The molecule has 0 bridgehead atoms. The van der Waals surface area contributed by atoms with E-state index >= 15 is 0 Å². The minimum Gasteiger partial charge on any atom is -0.756 e. The van der Waals surface area contributed by atoms with E-state index in [0.29, 0.717) is 17.4 Å². The van der Waals surface area contributed by atoms with E-state index in [4.69, 9.17) is 13.8 Å². The van der Waals surface area contributed by atoms with Gasteiger partial charge in [0.1, 0.15) is 19.3 Å². The van der Waals surface area contributed by atoms with Gasteiger partial charge in [-0.3, -0.25) is 14.2 Å². The molecule has 10 heteroatoms. The number of amides is 1. The first kappa shape index (κ1) is 78.5. The van der Waals surface area contributed by atoms with Crippen molar-refractivity contribution in [3.63, 3.8) is 0 Å². The Morgan fingerprint density at radius 1 is 0.425 bits per heavy atom. The number of esters is 1. The van der Waals surface area contributed by atoms with E-state index in [1.54, 1.807) is 0 Å². The Kier molecular flexibility index (Phi) is 59.5. The van der Waals surface area contributed by atoms with Crippen molar-refractivity contribution in [1.29, 1.82) is 0 Å². The maximum atomic E-state index is 13.6. The highest BCUT2D eigenvalue weighted by molar-refractivity contribution is 7.45. The number of phosphoric ester groups is 1. The minimum absolute atomic E-state index is 0.0184. The topological polar surface area (TPSA) is 114 Å². The average Bonchev–Trinajstić information content (AvgIpc) is 3.42. The summed E-state index contributed by atoms with van der Waals surface area (Å²) in [5.74, 6) is -0.519. The van der Waals surface area contributed by atoms with Crippen LogP contribution >= 0.6 is 7.82 Å². The highest BCUT2D eigenvalue weighted by Crippen LogP contribution is 2.38. The number of rotatable bonds is 65. The van der Waals surface area contributed by atoms with Crippen LogP contribution in [0.4, 0.5) is 0 Å². The first-order valence-electron chi connectivity index (χ1n) is 35.1. The number of allylic oxidation sites excluding steroid dienone is 3. The third-order valence-corrected chi connectivity index (χ3v) is 17.1. The quantitative estimate of drug-likeness (QED) is 0.0212. The van der Waals surface area contributed by atoms with Gasteiger partial charge in [-0.05, 0) is 57.4 Å². The van der Waals surface area contributed by atoms with E-state index in [1.165, 1.54) is 270 Å².